The number of unbranched alkanes of at least 4 members (excludes halogenated alkanes) is 3. The Morgan fingerprint density at radius 2 is 1.83 bits per heavy atom. The summed E-state index contributed by atoms with van der Waals surface area (Å²) in [5.74, 6) is -0.405. The van der Waals surface area contributed by atoms with Crippen LogP contribution >= 0.6 is 0 Å². The Labute approximate surface area is 138 Å². The van der Waals surface area contributed by atoms with Gasteiger partial charge in [0.2, 0.25) is 0 Å². The number of benzene rings is 1. The topological polar surface area (TPSA) is 67.4 Å². The number of ether oxygens (including phenoxy) is 1. The van der Waals surface area contributed by atoms with Crippen LogP contribution in [0.4, 0.5) is 4.79 Å². The van der Waals surface area contributed by atoms with E-state index in [2.05, 4.69) is 17.6 Å². The summed E-state index contributed by atoms with van der Waals surface area (Å²) in [4.78, 5) is 24.0. The number of amides is 2. The van der Waals surface area contributed by atoms with E-state index in [1.54, 1.807) is 6.92 Å². The summed E-state index contributed by atoms with van der Waals surface area (Å²) in [6.07, 6.45) is 4.80. The van der Waals surface area contributed by atoms with E-state index in [1.807, 2.05) is 30.3 Å². The van der Waals surface area contributed by atoms with Crippen molar-refractivity contribution < 1.29 is 14.3 Å². The Balaban J connectivity index is 2.48. The van der Waals surface area contributed by atoms with Crippen molar-refractivity contribution in [2.75, 3.05) is 13.2 Å². The van der Waals surface area contributed by atoms with Crippen molar-refractivity contribution in [3.63, 3.8) is 0 Å². The SMILES string of the molecule is CCCCCCNC(=O)NC(Cc1ccccc1)C(=O)OCC. The number of rotatable bonds is 10. The number of urea groups is 1. The second-order valence-corrected chi connectivity index (χ2v) is 5.46. The Morgan fingerprint density at radius 3 is 2.48 bits per heavy atom. The molecule has 0 aliphatic rings. The molecular weight excluding hydrogens is 292 g/mol. The fraction of sp³-hybridized carbons (Fsp3) is 0.556. The van der Waals surface area contributed by atoms with Gasteiger partial charge in [0.1, 0.15) is 6.04 Å². The molecule has 0 saturated carbocycles. The van der Waals surface area contributed by atoms with Gasteiger partial charge in [0, 0.05) is 13.0 Å². The van der Waals surface area contributed by atoms with Gasteiger partial charge in [-0.05, 0) is 18.9 Å². The molecule has 1 unspecified atom stereocenters. The number of hydrogen-bond donors (Lipinski definition) is 2. The molecule has 0 aliphatic heterocycles. The molecule has 0 heterocycles. The minimum atomic E-state index is -0.673. The van der Waals surface area contributed by atoms with Crippen LogP contribution in [0.25, 0.3) is 0 Å². The molecule has 0 aliphatic carbocycles. The van der Waals surface area contributed by atoms with E-state index in [9.17, 15) is 9.59 Å². The zero-order valence-corrected chi connectivity index (χ0v) is 14.1. The fourth-order valence-electron chi connectivity index (χ4n) is 2.25. The molecule has 0 spiro atoms. The van der Waals surface area contributed by atoms with Gasteiger partial charge >= 0.3 is 12.0 Å². The van der Waals surface area contributed by atoms with Crippen LogP contribution < -0.4 is 10.6 Å². The first-order chi connectivity index (χ1) is 11.2. The van der Waals surface area contributed by atoms with Gasteiger partial charge in [-0.15, -0.1) is 0 Å². The van der Waals surface area contributed by atoms with Gasteiger partial charge in [-0.2, -0.15) is 0 Å². The summed E-state index contributed by atoms with van der Waals surface area (Å²) in [6.45, 7) is 4.82. The number of nitrogens with one attached hydrogen (secondary N) is 2. The van der Waals surface area contributed by atoms with Crippen LogP contribution in [0.15, 0.2) is 30.3 Å². The maximum Gasteiger partial charge on any atom is 0.329 e. The molecule has 0 bridgehead atoms. The molecule has 1 aromatic rings. The Bertz CT molecular complexity index is 463. The highest BCUT2D eigenvalue weighted by Crippen LogP contribution is 2.05. The van der Waals surface area contributed by atoms with Crippen LogP contribution in [0.3, 0.4) is 0 Å². The summed E-state index contributed by atoms with van der Waals surface area (Å²) < 4.78 is 5.05. The standard InChI is InChI=1S/C18H28N2O3/c1-3-5-6-10-13-19-18(22)20-16(17(21)23-4-2)14-15-11-8-7-9-12-15/h7-9,11-12,16H,3-6,10,13-14H2,1-2H3,(H2,19,20,22). The largest absolute Gasteiger partial charge is 0.464 e. The Morgan fingerprint density at radius 1 is 1.09 bits per heavy atom. The van der Waals surface area contributed by atoms with Crippen molar-refractivity contribution >= 4 is 12.0 Å². The zero-order valence-electron chi connectivity index (χ0n) is 14.1. The second-order valence-electron chi connectivity index (χ2n) is 5.46. The van der Waals surface area contributed by atoms with E-state index in [-0.39, 0.29) is 6.03 Å². The van der Waals surface area contributed by atoms with Crippen LogP contribution in [0.1, 0.15) is 45.1 Å². The van der Waals surface area contributed by atoms with Gasteiger partial charge in [-0.25, -0.2) is 9.59 Å². The van der Waals surface area contributed by atoms with Gasteiger partial charge in [0.15, 0.2) is 0 Å². The molecule has 1 atom stereocenters. The summed E-state index contributed by atoms with van der Waals surface area (Å²) in [7, 11) is 0. The van der Waals surface area contributed by atoms with Crippen LogP contribution in [0.5, 0.6) is 0 Å². The van der Waals surface area contributed by atoms with Crippen molar-refractivity contribution in [3.05, 3.63) is 35.9 Å². The maximum atomic E-state index is 12.0. The van der Waals surface area contributed by atoms with Gasteiger partial charge in [0.05, 0.1) is 6.61 Å². The lowest BCUT2D eigenvalue weighted by Crippen LogP contribution is -2.48. The summed E-state index contributed by atoms with van der Waals surface area (Å²) in [5.41, 5.74) is 0.980. The summed E-state index contributed by atoms with van der Waals surface area (Å²) in [6, 6.07) is 8.59. The normalized spacial score (nSPS) is 11.6. The molecule has 5 nitrogen and oxygen atoms in total. The third kappa shape index (κ3) is 8.24. The zero-order chi connectivity index (χ0) is 16.9. The van der Waals surface area contributed by atoms with Crippen LogP contribution in [0, 0.1) is 0 Å². The molecule has 0 radical (unpaired) electrons. The van der Waals surface area contributed by atoms with E-state index in [0.717, 1.165) is 24.8 Å². The Kier molecular flexibility index (Phi) is 9.52. The van der Waals surface area contributed by atoms with E-state index < -0.39 is 12.0 Å². The van der Waals surface area contributed by atoms with E-state index >= 15 is 0 Å². The first-order valence-electron chi connectivity index (χ1n) is 8.42. The monoisotopic (exact) mass is 320 g/mol. The van der Waals surface area contributed by atoms with Gasteiger partial charge in [0.25, 0.3) is 0 Å². The number of carbonyl (C=O) groups is 2. The molecular formula is C18H28N2O3. The highest BCUT2D eigenvalue weighted by molar-refractivity contribution is 5.83. The smallest absolute Gasteiger partial charge is 0.329 e. The van der Waals surface area contributed by atoms with Crippen LogP contribution in [-0.4, -0.2) is 31.2 Å². The van der Waals surface area contributed by atoms with Crippen LogP contribution in [0.2, 0.25) is 0 Å². The summed E-state index contributed by atoms with van der Waals surface area (Å²) in [5, 5.41) is 5.51. The van der Waals surface area contributed by atoms with Crippen molar-refractivity contribution in [1.82, 2.24) is 10.6 Å². The van der Waals surface area contributed by atoms with E-state index in [0.29, 0.717) is 19.6 Å². The lowest BCUT2D eigenvalue weighted by Gasteiger charge is -2.18. The molecule has 23 heavy (non-hydrogen) atoms. The molecule has 1 aromatic carbocycles. The molecule has 0 saturated heterocycles. The molecule has 0 aromatic heterocycles. The minimum absolute atomic E-state index is 0.296. The third-order valence-corrected chi connectivity index (χ3v) is 3.47. The third-order valence-electron chi connectivity index (χ3n) is 3.47. The summed E-state index contributed by atoms with van der Waals surface area (Å²) >= 11 is 0. The lowest BCUT2D eigenvalue weighted by atomic mass is 10.1. The van der Waals surface area contributed by atoms with Crippen LogP contribution in [-0.2, 0) is 16.0 Å². The number of esters is 1. The molecule has 2 amide bonds. The molecule has 128 valence electrons. The quantitative estimate of drug-likeness (QED) is 0.514. The van der Waals surface area contributed by atoms with E-state index in [1.165, 1.54) is 6.42 Å². The first-order valence-corrected chi connectivity index (χ1v) is 8.42. The number of carbonyl (C=O) groups excluding carboxylic acids is 2. The van der Waals surface area contributed by atoms with Gasteiger partial charge in [-0.3, -0.25) is 0 Å². The average molecular weight is 320 g/mol. The van der Waals surface area contributed by atoms with E-state index in [4.69, 9.17) is 4.74 Å². The van der Waals surface area contributed by atoms with Gasteiger partial charge in [-0.1, -0.05) is 56.5 Å². The molecule has 1 rings (SSSR count). The predicted molar refractivity (Wildman–Crippen MR) is 91.2 cm³/mol. The average Bonchev–Trinajstić information content (AvgIpc) is 2.55. The molecule has 2 N–H and O–H groups in total. The highest BCUT2D eigenvalue weighted by Gasteiger charge is 2.22. The predicted octanol–water partition coefficient (Wildman–Crippen LogP) is 3.04. The minimum Gasteiger partial charge on any atom is -0.464 e. The van der Waals surface area contributed by atoms with Gasteiger partial charge < -0.3 is 15.4 Å². The molecule has 0 fully saturated rings. The van der Waals surface area contributed by atoms with Crippen molar-refractivity contribution in [1.29, 1.82) is 0 Å². The number of hydrogen-bond acceptors (Lipinski definition) is 3. The lowest BCUT2D eigenvalue weighted by molar-refractivity contribution is -0.145. The van der Waals surface area contributed by atoms with Crippen molar-refractivity contribution in [2.24, 2.45) is 0 Å². The second kappa shape index (κ2) is 11.5. The maximum absolute atomic E-state index is 12.0. The molecule has 5 heteroatoms. The first kappa shape index (κ1) is 19.0. The highest BCUT2D eigenvalue weighted by atomic mass is 16.5. The fourth-order valence-corrected chi connectivity index (χ4v) is 2.25. The van der Waals surface area contributed by atoms with Crippen molar-refractivity contribution in [3.8, 4) is 0 Å². The van der Waals surface area contributed by atoms with Crippen molar-refractivity contribution in [2.45, 2.75) is 52.0 Å². The Hall–Kier alpha value is -2.04.